The third kappa shape index (κ3) is 9.77. The number of carbonyl (C=O) groups is 3. The monoisotopic (exact) mass is 564 g/mol. The average Bonchev–Trinajstić information content (AvgIpc) is 2.96. The topological polar surface area (TPSA) is 109 Å². The van der Waals surface area contributed by atoms with Gasteiger partial charge in [0.2, 0.25) is 11.8 Å². The molecule has 3 rings (SSSR count). The normalized spacial score (nSPS) is 11.3. The Balaban J connectivity index is 1.43. The van der Waals surface area contributed by atoms with Gasteiger partial charge in [-0.2, -0.15) is 0 Å². The van der Waals surface area contributed by atoms with Gasteiger partial charge in [-0.05, 0) is 54.7 Å². The molecule has 0 spiro atoms. The molecule has 3 aromatic rings. The van der Waals surface area contributed by atoms with Crippen LogP contribution in [-0.4, -0.2) is 42.6 Å². The molecule has 0 bridgehead atoms. The Morgan fingerprint density at radius 2 is 1.43 bits per heavy atom. The van der Waals surface area contributed by atoms with Gasteiger partial charge in [-0.3, -0.25) is 9.59 Å². The fourth-order valence-electron chi connectivity index (χ4n) is 4.05. The van der Waals surface area contributed by atoms with Gasteiger partial charge in [-0.1, -0.05) is 72.8 Å². The molecule has 3 aromatic carbocycles. The molecule has 0 unspecified atom stereocenters. The number of ether oxygens (including phenoxy) is 1. The first-order chi connectivity index (χ1) is 19.4. The van der Waals surface area contributed by atoms with E-state index in [9.17, 15) is 18.8 Å². The SMILES string of the molecule is COC(=O)[C@H](CCCCNC(=S)NC(c1ccccc1)c1ccccc1)NC(=O)CC(=O)Nc1ccccc1F. The third-order valence-corrected chi connectivity index (χ3v) is 6.30. The molecule has 0 aliphatic heterocycles. The number of unbranched alkanes of at least 4 members (excludes halogenated alkanes) is 1. The Hall–Kier alpha value is -4.31. The maximum atomic E-state index is 13.7. The lowest BCUT2D eigenvalue weighted by molar-refractivity contribution is -0.145. The van der Waals surface area contributed by atoms with Gasteiger partial charge in [0.1, 0.15) is 18.3 Å². The number of amides is 2. The lowest BCUT2D eigenvalue weighted by atomic mass is 9.99. The van der Waals surface area contributed by atoms with Gasteiger partial charge in [-0.15, -0.1) is 0 Å². The minimum Gasteiger partial charge on any atom is -0.467 e. The van der Waals surface area contributed by atoms with Crippen LogP contribution in [0.5, 0.6) is 0 Å². The van der Waals surface area contributed by atoms with Crippen LogP contribution in [0.3, 0.4) is 0 Å². The number of esters is 1. The van der Waals surface area contributed by atoms with Crippen LogP contribution >= 0.6 is 12.2 Å². The van der Waals surface area contributed by atoms with E-state index in [1.54, 1.807) is 6.07 Å². The van der Waals surface area contributed by atoms with Gasteiger partial charge in [0, 0.05) is 6.54 Å². The lowest BCUT2D eigenvalue weighted by Gasteiger charge is -2.22. The molecule has 1 atom stereocenters. The molecule has 4 N–H and O–H groups in total. The molecule has 0 aliphatic carbocycles. The van der Waals surface area contributed by atoms with Crippen molar-refractivity contribution in [2.45, 2.75) is 37.8 Å². The van der Waals surface area contributed by atoms with E-state index < -0.39 is 36.1 Å². The molecule has 0 fully saturated rings. The predicted octanol–water partition coefficient (Wildman–Crippen LogP) is 4.24. The highest BCUT2D eigenvalue weighted by molar-refractivity contribution is 7.80. The number of rotatable bonds is 13. The molecule has 0 saturated heterocycles. The smallest absolute Gasteiger partial charge is 0.328 e. The first-order valence-electron chi connectivity index (χ1n) is 12.9. The van der Waals surface area contributed by atoms with Crippen molar-refractivity contribution in [3.63, 3.8) is 0 Å². The molecule has 10 heteroatoms. The molecule has 0 heterocycles. The standard InChI is InChI=1S/C30H33FN4O4S/c1-39-29(38)25(34-27(37)20-26(36)33-24-17-9-8-16-23(24)31)18-10-11-19-32-30(40)35-28(21-12-4-2-5-13-21)22-14-6-3-7-15-22/h2-9,12-17,25,28H,10-11,18-20H2,1H3,(H,33,36)(H,34,37)(H2,32,35,40)/t25-/m0/s1. The zero-order valence-corrected chi connectivity index (χ0v) is 23.0. The third-order valence-electron chi connectivity index (χ3n) is 6.04. The molecular formula is C30H33FN4O4S. The van der Waals surface area contributed by atoms with Gasteiger partial charge in [0.25, 0.3) is 0 Å². The van der Waals surface area contributed by atoms with Crippen molar-refractivity contribution in [3.8, 4) is 0 Å². The van der Waals surface area contributed by atoms with E-state index in [0.717, 1.165) is 11.1 Å². The summed E-state index contributed by atoms with van der Waals surface area (Å²) in [6, 6.07) is 24.6. The minimum atomic E-state index is -0.913. The molecule has 0 radical (unpaired) electrons. The molecule has 2 amide bonds. The van der Waals surface area contributed by atoms with Crippen molar-refractivity contribution in [1.29, 1.82) is 0 Å². The van der Waals surface area contributed by atoms with Gasteiger partial charge >= 0.3 is 5.97 Å². The maximum Gasteiger partial charge on any atom is 0.328 e. The molecule has 210 valence electrons. The number of para-hydroxylation sites is 1. The Morgan fingerprint density at radius 3 is 2.02 bits per heavy atom. The van der Waals surface area contributed by atoms with Crippen molar-refractivity contribution in [2.75, 3.05) is 19.0 Å². The van der Waals surface area contributed by atoms with Crippen LogP contribution in [0.1, 0.15) is 42.9 Å². The maximum absolute atomic E-state index is 13.7. The van der Waals surface area contributed by atoms with Crippen LogP contribution in [0, 0.1) is 5.82 Å². The molecule has 0 aliphatic rings. The van der Waals surface area contributed by atoms with Crippen molar-refractivity contribution in [1.82, 2.24) is 16.0 Å². The lowest BCUT2D eigenvalue weighted by Crippen LogP contribution is -2.42. The quantitative estimate of drug-likeness (QED) is 0.106. The molecular weight excluding hydrogens is 531 g/mol. The van der Waals surface area contributed by atoms with Crippen LogP contribution in [0.4, 0.5) is 10.1 Å². The number of anilines is 1. The first kappa shape index (κ1) is 30.2. The van der Waals surface area contributed by atoms with Crippen molar-refractivity contribution < 1.29 is 23.5 Å². The van der Waals surface area contributed by atoms with E-state index in [-0.39, 0.29) is 11.7 Å². The summed E-state index contributed by atoms with van der Waals surface area (Å²) >= 11 is 5.53. The Morgan fingerprint density at radius 1 is 0.825 bits per heavy atom. The fourth-order valence-corrected chi connectivity index (χ4v) is 4.27. The van der Waals surface area contributed by atoms with Gasteiger partial charge in [0.05, 0.1) is 18.8 Å². The second-order valence-electron chi connectivity index (χ2n) is 9.00. The number of hydrogen-bond donors (Lipinski definition) is 4. The minimum absolute atomic E-state index is 0.0245. The summed E-state index contributed by atoms with van der Waals surface area (Å²) < 4.78 is 18.5. The highest BCUT2D eigenvalue weighted by atomic mass is 32.1. The van der Waals surface area contributed by atoms with Crippen LogP contribution in [0.2, 0.25) is 0 Å². The van der Waals surface area contributed by atoms with Crippen LogP contribution < -0.4 is 21.3 Å². The number of nitrogens with one attached hydrogen (secondary N) is 4. The van der Waals surface area contributed by atoms with Gasteiger partial charge in [-0.25, -0.2) is 9.18 Å². The molecule has 0 saturated carbocycles. The zero-order valence-electron chi connectivity index (χ0n) is 22.2. The summed E-state index contributed by atoms with van der Waals surface area (Å²) in [5.74, 6) is -2.58. The van der Waals surface area contributed by atoms with E-state index in [1.807, 2.05) is 60.7 Å². The predicted molar refractivity (Wildman–Crippen MR) is 156 cm³/mol. The number of methoxy groups -OCH3 is 1. The van der Waals surface area contributed by atoms with Crippen molar-refractivity contribution in [3.05, 3.63) is 102 Å². The number of hydrogen-bond acceptors (Lipinski definition) is 5. The van der Waals surface area contributed by atoms with E-state index in [4.69, 9.17) is 17.0 Å². The molecule has 40 heavy (non-hydrogen) atoms. The fraction of sp³-hybridized carbons (Fsp3) is 0.267. The van der Waals surface area contributed by atoms with Crippen molar-refractivity contribution >= 4 is 40.8 Å². The van der Waals surface area contributed by atoms with E-state index in [1.165, 1.54) is 25.3 Å². The van der Waals surface area contributed by atoms with Crippen LogP contribution in [0.25, 0.3) is 0 Å². The summed E-state index contributed by atoms with van der Waals surface area (Å²) in [7, 11) is 1.23. The largest absolute Gasteiger partial charge is 0.467 e. The van der Waals surface area contributed by atoms with E-state index >= 15 is 0 Å². The summed E-state index contributed by atoms with van der Waals surface area (Å²) in [6.45, 7) is 0.551. The summed E-state index contributed by atoms with van der Waals surface area (Å²) in [5, 5.41) is 11.9. The summed E-state index contributed by atoms with van der Waals surface area (Å²) in [4.78, 5) is 36.7. The average molecular weight is 565 g/mol. The second kappa shape index (κ2) is 15.9. The summed E-state index contributed by atoms with van der Waals surface area (Å²) in [5.41, 5.74) is 2.14. The Kier molecular flexibility index (Phi) is 12.1. The first-order valence-corrected chi connectivity index (χ1v) is 13.3. The highest BCUT2D eigenvalue weighted by Gasteiger charge is 2.22. The Bertz CT molecular complexity index is 1240. The second-order valence-corrected chi connectivity index (χ2v) is 9.41. The molecule has 0 aromatic heterocycles. The van der Waals surface area contributed by atoms with Crippen LogP contribution in [-0.2, 0) is 19.1 Å². The Labute approximate surface area is 238 Å². The van der Waals surface area contributed by atoms with E-state index in [0.29, 0.717) is 30.9 Å². The number of thiocarbonyl (C=S) groups is 1. The van der Waals surface area contributed by atoms with Crippen molar-refractivity contribution in [2.24, 2.45) is 0 Å². The van der Waals surface area contributed by atoms with Gasteiger partial charge < -0.3 is 26.0 Å². The molecule has 8 nitrogen and oxygen atoms in total. The number of benzene rings is 3. The highest BCUT2D eigenvalue weighted by Crippen LogP contribution is 2.21. The number of halogens is 1. The summed E-state index contributed by atoms with van der Waals surface area (Å²) in [6.07, 6.45) is 0.997. The number of carbonyl (C=O) groups excluding carboxylic acids is 3. The zero-order chi connectivity index (χ0) is 28.7. The van der Waals surface area contributed by atoms with Crippen LogP contribution in [0.15, 0.2) is 84.9 Å². The van der Waals surface area contributed by atoms with E-state index in [2.05, 4.69) is 21.3 Å². The van der Waals surface area contributed by atoms with Gasteiger partial charge in [0.15, 0.2) is 5.11 Å².